The lowest BCUT2D eigenvalue weighted by Crippen LogP contribution is -2.54. The number of aryl methyl sites for hydroxylation is 1. The van der Waals surface area contributed by atoms with Crippen LogP contribution in [0.3, 0.4) is 0 Å². The summed E-state index contributed by atoms with van der Waals surface area (Å²) in [4.78, 5) is 12.1. The summed E-state index contributed by atoms with van der Waals surface area (Å²) in [6, 6.07) is 6.76. The number of benzene rings is 1. The molecule has 2 nitrogen and oxygen atoms in total. The van der Waals surface area contributed by atoms with Gasteiger partial charge in [0.2, 0.25) is 5.91 Å². The molecule has 1 fully saturated rings. The summed E-state index contributed by atoms with van der Waals surface area (Å²) in [6.45, 7) is 10.5. The monoisotopic (exact) mass is 297 g/mol. The number of fused-ring (bicyclic) bond motifs is 3. The Morgan fingerprint density at radius 1 is 1.32 bits per heavy atom. The van der Waals surface area contributed by atoms with Gasteiger partial charge in [0.25, 0.3) is 0 Å². The maximum atomic E-state index is 12.1. The molecule has 1 aromatic carbocycles. The molecule has 2 aliphatic rings. The summed E-state index contributed by atoms with van der Waals surface area (Å²) in [5.74, 6) is 0.236. The molecule has 0 saturated heterocycles. The summed E-state index contributed by atoms with van der Waals surface area (Å²) in [7, 11) is 0. The molecule has 22 heavy (non-hydrogen) atoms. The molecular formula is C20H27NO. The Hall–Kier alpha value is -1.57. The topological polar surface area (TPSA) is 43.1 Å². The van der Waals surface area contributed by atoms with Crippen LogP contribution in [0.15, 0.2) is 24.8 Å². The van der Waals surface area contributed by atoms with Gasteiger partial charge in [0.1, 0.15) is 0 Å². The van der Waals surface area contributed by atoms with E-state index in [0.717, 1.165) is 37.7 Å². The van der Waals surface area contributed by atoms with E-state index in [1.54, 1.807) is 0 Å². The molecule has 3 rings (SSSR count). The number of carbonyl (C=O) groups excluding carboxylic acids is 1. The van der Waals surface area contributed by atoms with Crippen LogP contribution in [-0.2, 0) is 16.6 Å². The molecule has 2 heteroatoms. The SMILES string of the molecule is C=C(C)c1ccc2c(c1)CCC1C(C)(C(N)=O)CCCC21C. The van der Waals surface area contributed by atoms with E-state index in [9.17, 15) is 4.79 Å². The molecule has 0 aliphatic heterocycles. The van der Waals surface area contributed by atoms with Crippen LogP contribution in [0, 0.1) is 11.3 Å². The molecule has 0 radical (unpaired) electrons. The highest BCUT2D eigenvalue weighted by Gasteiger charge is 2.54. The van der Waals surface area contributed by atoms with E-state index in [1.807, 2.05) is 0 Å². The summed E-state index contributed by atoms with van der Waals surface area (Å²) < 4.78 is 0. The van der Waals surface area contributed by atoms with Crippen LogP contribution in [0.2, 0.25) is 0 Å². The molecule has 118 valence electrons. The molecule has 0 spiro atoms. The average Bonchev–Trinajstić information content (AvgIpc) is 2.46. The maximum absolute atomic E-state index is 12.1. The molecule has 3 atom stereocenters. The van der Waals surface area contributed by atoms with Crippen LogP contribution in [0.1, 0.15) is 63.1 Å². The van der Waals surface area contributed by atoms with E-state index in [0.29, 0.717) is 5.92 Å². The Bertz CT molecular complexity index is 647. The quantitative estimate of drug-likeness (QED) is 0.872. The van der Waals surface area contributed by atoms with Crippen LogP contribution in [0.5, 0.6) is 0 Å². The van der Waals surface area contributed by atoms with Crippen molar-refractivity contribution in [3.63, 3.8) is 0 Å². The predicted octanol–water partition coefficient (Wildman–Crippen LogP) is 4.22. The molecule has 2 N–H and O–H groups in total. The lowest BCUT2D eigenvalue weighted by Gasteiger charge is -2.54. The third-order valence-corrected chi connectivity index (χ3v) is 6.41. The molecular weight excluding hydrogens is 270 g/mol. The third kappa shape index (κ3) is 2.04. The first kappa shape index (κ1) is 15.3. The largest absolute Gasteiger partial charge is 0.369 e. The van der Waals surface area contributed by atoms with Crippen molar-refractivity contribution in [1.82, 2.24) is 0 Å². The number of hydrogen-bond acceptors (Lipinski definition) is 1. The third-order valence-electron chi connectivity index (χ3n) is 6.41. The predicted molar refractivity (Wildman–Crippen MR) is 91.5 cm³/mol. The standard InChI is InChI=1S/C20H27NO/c1-13(2)14-6-8-16-15(12-14)7-9-17-19(16,3)10-5-11-20(17,4)18(21)22/h6,8,12,17H,1,5,7,9-11H2,2-4H3,(H2,21,22). The van der Waals surface area contributed by atoms with Gasteiger partial charge in [-0.3, -0.25) is 4.79 Å². The fourth-order valence-electron chi connectivity index (χ4n) is 5.05. The maximum Gasteiger partial charge on any atom is 0.223 e. The van der Waals surface area contributed by atoms with Gasteiger partial charge < -0.3 is 5.73 Å². The van der Waals surface area contributed by atoms with Crippen molar-refractivity contribution in [2.24, 2.45) is 17.1 Å². The van der Waals surface area contributed by atoms with Gasteiger partial charge >= 0.3 is 0 Å². The number of hydrogen-bond donors (Lipinski definition) is 1. The van der Waals surface area contributed by atoms with Gasteiger partial charge in [-0.2, -0.15) is 0 Å². The van der Waals surface area contributed by atoms with E-state index in [2.05, 4.69) is 45.5 Å². The van der Waals surface area contributed by atoms with Crippen molar-refractivity contribution in [1.29, 1.82) is 0 Å². The van der Waals surface area contributed by atoms with Crippen molar-refractivity contribution in [3.8, 4) is 0 Å². The van der Waals surface area contributed by atoms with Gasteiger partial charge in [0.15, 0.2) is 0 Å². The summed E-state index contributed by atoms with van der Waals surface area (Å²) in [5.41, 5.74) is 10.7. The highest BCUT2D eigenvalue weighted by atomic mass is 16.1. The van der Waals surface area contributed by atoms with Crippen LogP contribution >= 0.6 is 0 Å². The molecule has 1 amide bonds. The highest BCUT2D eigenvalue weighted by molar-refractivity contribution is 5.81. The number of nitrogens with two attached hydrogens (primary N) is 1. The molecule has 0 aromatic heterocycles. The van der Waals surface area contributed by atoms with Gasteiger partial charge in [0, 0.05) is 5.41 Å². The van der Waals surface area contributed by atoms with Crippen molar-refractivity contribution in [3.05, 3.63) is 41.5 Å². The first-order valence-corrected chi connectivity index (χ1v) is 8.38. The highest BCUT2D eigenvalue weighted by Crippen LogP contribution is 2.57. The van der Waals surface area contributed by atoms with Crippen molar-refractivity contribution >= 4 is 11.5 Å². The fraction of sp³-hybridized carbons (Fsp3) is 0.550. The van der Waals surface area contributed by atoms with Gasteiger partial charge in [0.05, 0.1) is 0 Å². The van der Waals surface area contributed by atoms with Gasteiger partial charge in [-0.05, 0) is 60.6 Å². The Kier molecular flexibility index (Phi) is 3.47. The van der Waals surface area contributed by atoms with Crippen LogP contribution < -0.4 is 5.73 Å². The minimum atomic E-state index is -0.363. The number of allylic oxidation sites excluding steroid dienone is 1. The lowest BCUT2D eigenvalue weighted by molar-refractivity contribution is -0.135. The zero-order chi connectivity index (χ0) is 16.1. The second kappa shape index (κ2) is 4.97. The van der Waals surface area contributed by atoms with E-state index in [1.165, 1.54) is 16.7 Å². The first-order chi connectivity index (χ1) is 10.3. The van der Waals surface area contributed by atoms with Crippen LogP contribution in [0.25, 0.3) is 5.57 Å². The molecule has 0 bridgehead atoms. The van der Waals surface area contributed by atoms with Gasteiger partial charge in [-0.1, -0.05) is 50.6 Å². The number of rotatable bonds is 2. The lowest BCUT2D eigenvalue weighted by atomic mass is 9.49. The summed E-state index contributed by atoms with van der Waals surface area (Å²) >= 11 is 0. The fourth-order valence-corrected chi connectivity index (χ4v) is 5.05. The van der Waals surface area contributed by atoms with E-state index >= 15 is 0 Å². The number of carbonyl (C=O) groups is 1. The van der Waals surface area contributed by atoms with Crippen molar-refractivity contribution in [2.45, 2.75) is 58.3 Å². The Morgan fingerprint density at radius 2 is 2.05 bits per heavy atom. The first-order valence-electron chi connectivity index (χ1n) is 8.38. The van der Waals surface area contributed by atoms with E-state index in [4.69, 9.17) is 5.73 Å². The molecule has 3 unspecified atom stereocenters. The summed E-state index contributed by atoms with van der Waals surface area (Å²) in [6.07, 6.45) is 5.26. The minimum Gasteiger partial charge on any atom is -0.369 e. The Balaban J connectivity index is 2.09. The molecule has 1 saturated carbocycles. The van der Waals surface area contributed by atoms with Crippen molar-refractivity contribution in [2.75, 3.05) is 0 Å². The normalized spacial score (nSPS) is 33.7. The van der Waals surface area contributed by atoms with Crippen LogP contribution in [0.4, 0.5) is 0 Å². The second-order valence-corrected chi connectivity index (χ2v) is 7.80. The smallest absolute Gasteiger partial charge is 0.223 e. The molecule has 1 aromatic rings. The number of primary amides is 1. The van der Waals surface area contributed by atoms with Crippen LogP contribution in [-0.4, -0.2) is 5.91 Å². The Labute approximate surface area is 133 Å². The zero-order valence-electron chi connectivity index (χ0n) is 14.0. The summed E-state index contributed by atoms with van der Waals surface area (Å²) in [5, 5.41) is 0. The minimum absolute atomic E-state index is 0.0726. The van der Waals surface area contributed by atoms with Gasteiger partial charge in [-0.25, -0.2) is 0 Å². The van der Waals surface area contributed by atoms with E-state index in [-0.39, 0.29) is 16.7 Å². The average molecular weight is 297 g/mol. The zero-order valence-corrected chi connectivity index (χ0v) is 14.0. The molecule has 2 aliphatic carbocycles. The molecule has 0 heterocycles. The van der Waals surface area contributed by atoms with E-state index < -0.39 is 0 Å². The number of amides is 1. The second-order valence-electron chi connectivity index (χ2n) is 7.80. The van der Waals surface area contributed by atoms with Gasteiger partial charge in [-0.15, -0.1) is 0 Å². The Morgan fingerprint density at radius 3 is 2.68 bits per heavy atom. The van der Waals surface area contributed by atoms with Crippen molar-refractivity contribution < 1.29 is 4.79 Å².